The van der Waals surface area contributed by atoms with Crippen LogP contribution in [0, 0.1) is 0 Å². The largest absolute Gasteiger partial charge is 0.377 e. The monoisotopic (exact) mass is 164 g/mol. The van der Waals surface area contributed by atoms with E-state index in [0.29, 0.717) is 6.42 Å². The third kappa shape index (κ3) is 1.98. The number of hydrogen-bond acceptors (Lipinski definition) is 1. The molecule has 0 atom stereocenters. The van der Waals surface area contributed by atoms with Crippen LogP contribution in [0.4, 0.5) is 5.69 Å². The van der Waals surface area contributed by atoms with Crippen molar-refractivity contribution in [1.29, 1.82) is 0 Å². The Morgan fingerprint density at radius 3 is 2.50 bits per heavy atom. The Morgan fingerprint density at radius 1 is 1.25 bits per heavy atom. The van der Waals surface area contributed by atoms with Gasteiger partial charge in [-0.2, -0.15) is 0 Å². The van der Waals surface area contributed by atoms with Gasteiger partial charge in [-0.1, -0.05) is 18.2 Å². The van der Waals surface area contributed by atoms with Crippen molar-refractivity contribution in [2.45, 2.75) is 6.42 Å². The van der Waals surface area contributed by atoms with Gasteiger partial charge in [0, 0.05) is 26.2 Å². The molecule has 0 aliphatic heterocycles. The Labute approximate surface area is 73.4 Å². The van der Waals surface area contributed by atoms with Crippen molar-refractivity contribution in [3.8, 4) is 0 Å². The van der Waals surface area contributed by atoms with E-state index in [0.717, 1.165) is 11.3 Å². The molecule has 1 rings (SSSR count). The minimum Gasteiger partial charge on any atom is -0.377 e. The van der Waals surface area contributed by atoms with Crippen LogP contribution in [-0.2, 0) is 11.5 Å². The van der Waals surface area contributed by atoms with Crippen LogP contribution in [0.5, 0.6) is 0 Å². The first-order chi connectivity index (χ1) is 5.75. The molecule has 0 amide bonds. The van der Waals surface area contributed by atoms with Crippen molar-refractivity contribution >= 4 is 5.69 Å². The first-order valence-electron chi connectivity index (χ1n) is 4.09. The van der Waals surface area contributed by atoms with Gasteiger partial charge >= 0.3 is 0 Å². The van der Waals surface area contributed by atoms with E-state index in [1.807, 2.05) is 43.3 Å². The maximum atomic E-state index is 10.5. The van der Waals surface area contributed by atoms with E-state index in [9.17, 15) is 5.11 Å². The standard InChI is InChI=1S/C10H14NO/c1-11(2)10-6-4-3-5-9(10)7-8-12/h3-6H,7-8H2,1-2H3. The quantitative estimate of drug-likeness (QED) is 0.667. The van der Waals surface area contributed by atoms with Gasteiger partial charge in [-0.25, -0.2) is 5.11 Å². The summed E-state index contributed by atoms with van der Waals surface area (Å²) in [5.41, 5.74) is 2.28. The fourth-order valence-corrected chi connectivity index (χ4v) is 1.27. The smallest absolute Gasteiger partial charge is 0.0863 e. The molecule has 0 aliphatic carbocycles. The highest BCUT2D eigenvalue weighted by Gasteiger charge is 2.01. The van der Waals surface area contributed by atoms with Crippen LogP contribution in [0.3, 0.4) is 0 Å². The summed E-state index contributed by atoms with van der Waals surface area (Å²) in [6.45, 7) is -0.0369. The molecular weight excluding hydrogens is 150 g/mol. The molecule has 1 aromatic rings. The van der Waals surface area contributed by atoms with Gasteiger partial charge in [0.2, 0.25) is 0 Å². The van der Waals surface area contributed by atoms with E-state index in [-0.39, 0.29) is 6.61 Å². The lowest BCUT2D eigenvalue weighted by atomic mass is 10.1. The van der Waals surface area contributed by atoms with E-state index in [4.69, 9.17) is 0 Å². The molecule has 0 heterocycles. The number of rotatable bonds is 3. The van der Waals surface area contributed by atoms with Crippen molar-refractivity contribution in [2.75, 3.05) is 25.6 Å². The van der Waals surface area contributed by atoms with Gasteiger partial charge in [-0.15, -0.1) is 0 Å². The molecule has 0 fully saturated rings. The molecule has 65 valence electrons. The van der Waals surface area contributed by atoms with Crippen molar-refractivity contribution in [1.82, 2.24) is 0 Å². The summed E-state index contributed by atoms with van der Waals surface area (Å²) in [5.74, 6) is 0. The molecule has 0 spiro atoms. The van der Waals surface area contributed by atoms with E-state index >= 15 is 0 Å². The molecule has 0 saturated carbocycles. The molecule has 2 heteroatoms. The average Bonchev–Trinajstić information content (AvgIpc) is 2.05. The fourth-order valence-electron chi connectivity index (χ4n) is 1.27. The van der Waals surface area contributed by atoms with Crippen molar-refractivity contribution in [2.24, 2.45) is 0 Å². The summed E-state index contributed by atoms with van der Waals surface area (Å²) < 4.78 is 0. The van der Waals surface area contributed by atoms with Crippen molar-refractivity contribution < 1.29 is 5.11 Å². The summed E-state index contributed by atoms with van der Waals surface area (Å²) in [6.07, 6.45) is 0.619. The van der Waals surface area contributed by atoms with E-state index in [1.165, 1.54) is 0 Å². The maximum absolute atomic E-state index is 10.5. The molecule has 0 saturated heterocycles. The molecule has 0 aromatic heterocycles. The molecular formula is C10H14NO. The third-order valence-corrected chi connectivity index (χ3v) is 1.84. The lowest BCUT2D eigenvalue weighted by molar-refractivity contribution is 0.197. The van der Waals surface area contributed by atoms with E-state index in [1.54, 1.807) is 0 Å². The Morgan fingerprint density at radius 2 is 1.92 bits per heavy atom. The van der Waals surface area contributed by atoms with Crippen molar-refractivity contribution in [3.05, 3.63) is 29.8 Å². The van der Waals surface area contributed by atoms with Gasteiger partial charge in [-0.05, 0) is 11.6 Å². The SMILES string of the molecule is CN(C)c1ccccc1CC[O]. The molecule has 12 heavy (non-hydrogen) atoms. The van der Waals surface area contributed by atoms with Gasteiger partial charge in [0.1, 0.15) is 0 Å². The molecule has 2 nitrogen and oxygen atoms in total. The predicted molar refractivity (Wildman–Crippen MR) is 50.0 cm³/mol. The van der Waals surface area contributed by atoms with Gasteiger partial charge in [0.05, 0.1) is 6.61 Å². The average molecular weight is 164 g/mol. The van der Waals surface area contributed by atoms with Crippen LogP contribution in [0.2, 0.25) is 0 Å². The Hall–Kier alpha value is -1.02. The summed E-state index contributed by atoms with van der Waals surface area (Å²) in [7, 11) is 3.98. The van der Waals surface area contributed by atoms with Gasteiger partial charge < -0.3 is 4.90 Å². The highest BCUT2D eigenvalue weighted by Crippen LogP contribution is 2.17. The van der Waals surface area contributed by atoms with Crippen LogP contribution in [0.1, 0.15) is 5.56 Å². The minimum absolute atomic E-state index is 0.0369. The second-order valence-corrected chi connectivity index (χ2v) is 2.98. The van der Waals surface area contributed by atoms with Gasteiger partial charge in [0.15, 0.2) is 0 Å². The lowest BCUT2D eigenvalue weighted by Crippen LogP contribution is -2.11. The zero-order valence-corrected chi connectivity index (χ0v) is 7.58. The van der Waals surface area contributed by atoms with E-state index < -0.39 is 0 Å². The Kier molecular flexibility index (Phi) is 3.11. The second kappa shape index (κ2) is 4.12. The highest BCUT2D eigenvalue weighted by atomic mass is 16.2. The molecule has 0 N–H and O–H groups in total. The van der Waals surface area contributed by atoms with Crippen LogP contribution >= 0.6 is 0 Å². The summed E-state index contributed by atoms with van der Waals surface area (Å²) in [4.78, 5) is 2.03. The highest BCUT2D eigenvalue weighted by molar-refractivity contribution is 5.52. The topological polar surface area (TPSA) is 23.1 Å². The lowest BCUT2D eigenvalue weighted by Gasteiger charge is -2.16. The molecule has 1 aromatic carbocycles. The maximum Gasteiger partial charge on any atom is 0.0863 e. The van der Waals surface area contributed by atoms with E-state index in [2.05, 4.69) is 0 Å². The van der Waals surface area contributed by atoms with Crippen LogP contribution in [0.25, 0.3) is 0 Å². The Bertz CT molecular complexity index is 245. The fraction of sp³-hybridized carbons (Fsp3) is 0.400. The molecule has 0 aliphatic rings. The summed E-state index contributed by atoms with van der Waals surface area (Å²) in [5, 5.41) is 10.5. The normalized spacial score (nSPS) is 9.92. The van der Waals surface area contributed by atoms with Gasteiger partial charge in [0.25, 0.3) is 0 Å². The molecule has 1 radical (unpaired) electrons. The van der Waals surface area contributed by atoms with Crippen molar-refractivity contribution in [3.63, 3.8) is 0 Å². The molecule has 0 unspecified atom stereocenters. The van der Waals surface area contributed by atoms with Gasteiger partial charge in [-0.3, -0.25) is 0 Å². The summed E-state index contributed by atoms with van der Waals surface area (Å²) >= 11 is 0. The minimum atomic E-state index is -0.0369. The predicted octanol–water partition coefficient (Wildman–Crippen LogP) is 1.73. The third-order valence-electron chi connectivity index (χ3n) is 1.84. The zero-order chi connectivity index (χ0) is 8.97. The number of hydrogen-bond donors (Lipinski definition) is 0. The zero-order valence-electron chi connectivity index (χ0n) is 7.58. The first-order valence-corrected chi connectivity index (χ1v) is 4.09. The van der Waals surface area contributed by atoms with Crippen LogP contribution < -0.4 is 4.90 Å². The first kappa shape index (κ1) is 9.07. The molecule has 0 bridgehead atoms. The second-order valence-electron chi connectivity index (χ2n) is 2.98. The summed E-state index contributed by atoms with van der Waals surface area (Å²) in [6, 6.07) is 8.00. The number of anilines is 1. The van der Waals surface area contributed by atoms with Crippen LogP contribution in [0.15, 0.2) is 24.3 Å². The van der Waals surface area contributed by atoms with Crippen LogP contribution in [-0.4, -0.2) is 20.7 Å². The Balaban J connectivity index is 2.92. The number of para-hydroxylation sites is 1. The number of nitrogens with zero attached hydrogens (tertiary/aromatic N) is 1. The number of benzene rings is 1.